The van der Waals surface area contributed by atoms with Crippen LogP contribution in [-0.2, 0) is 14.6 Å². The van der Waals surface area contributed by atoms with Crippen LogP contribution in [0.5, 0.6) is 0 Å². The Balaban J connectivity index is 2.11. The van der Waals surface area contributed by atoms with Gasteiger partial charge in [-0.05, 0) is 37.4 Å². The summed E-state index contributed by atoms with van der Waals surface area (Å²) < 4.78 is 53.5. The molecule has 0 radical (unpaired) electrons. The van der Waals surface area contributed by atoms with Gasteiger partial charge in [0.2, 0.25) is 15.7 Å². The summed E-state index contributed by atoms with van der Waals surface area (Å²) in [6, 6.07) is 6.83. The number of piperazine rings is 1. The molecule has 6 nitrogen and oxygen atoms in total. The van der Waals surface area contributed by atoms with Crippen LogP contribution in [0, 0.1) is 11.6 Å². The number of benzene rings is 2. The van der Waals surface area contributed by atoms with Crippen LogP contribution in [-0.4, -0.2) is 59.5 Å². The predicted molar refractivity (Wildman–Crippen MR) is 107 cm³/mol. The van der Waals surface area contributed by atoms with Crippen molar-refractivity contribution in [2.24, 2.45) is 0 Å². The quantitative estimate of drug-likeness (QED) is 0.756. The van der Waals surface area contributed by atoms with E-state index in [9.17, 15) is 22.0 Å². The van der Waals surface area contributed by atoms with Gasteiger partial charge in [-0.15, -0.1) is 0 Å². The minimum atomic E-state index is -4.25. The third-order valence-electron chi connectivity index (χ3n) is 5.08. The van der Waals surface area contributed by atoms with E-state index in [-0.39, 0.29) is 16.5 Å². The van der Waals surface area contributed by atoms with Gasteiger partial charge in [0, 0.05) is 51.9 Å². The van der Waals surface area contributed by atoms with Crippen LogP contribution in [0.25, 0.3) is 0 Å². The molecule has 3 rings (SSSR count). The molecule has 156 valence electrons. The Morgan fingerprint density at radius 3 is 2.14 bits per heavy atom. The fraction of sp³-hybridized carbons (Fsp3) is 0.350. The summed E-state index contributed by atoms with van der Waals surface area (Å²) in [5, 5.41) is 0. The Kier molecular flexibility index (Phi) is 5.90. The highest BCUT2D eigenvalue weighted by Crippen LogP contribution is 2.34. The normalized spacial score (nSPS) is 15.4. The molecule has 2 aromatic carbocycles. The average Bonchev–Trinajstić information content (AvgIpc) is 2.66. The van der Waals surface area contributed by atoms with Gasteiger partial charge in [-0.3, -0.25) is 4.79 Å². The van der Waals surface area contributed by atoms with Gasteiger partial charge >= 0.3 is 0 Å². The monoisotopic (exact) mass is 423 g/mol. The first kappa shape index (κ1) is 21.2. The van der Waals surface area contributed by atoms with Crippen LogP contribution in [0.1, 0.15) is 6.92 Å². The van der Waals surface area contributed by atoms with E-state index in [1.807, 2.05) is 7.05 Å². The predicted octanol–water partition coefficient (Wildman–Crippen LogP) is 2.53. The van der Waals surface area contributed by atoms with Gasteiger partial charge in [0.05, 0.1) is 15.5 Å². The van der Waals surface area contributed by atoms with Crippen LogP contribution in [0.3, 0.4) is 0 Å². The number of hydrogen-bond donors (Lipinski definition) is 0. The molecule has 0 spiro atoms. The highest BCUT2D eigenvalue weighted by atomic mass is 32.2. The van der Waals surface area contributed by atoms with Crippen molar-refractivity contribution in [3.63, 3.8) is 0 Å². The van der Waals surface area contributed by atoms with Crippen LogP contribution in [0.2, 0.25) is 0 Å². The molecule has 2 aromatic rings. The molecule has 0 unspecified atom stereocenters. The van der Waals surface area contributed by atoms with Crippen molar-refractivity contribution in [3.8, 4) is 0 Å². The maximum atomic E-state index is 13.6. The van der Waals surface area contributed by atoms with Gasteiger partial charge in [-0.2, -0.15) is 0 Å². The molecule has 0 atom stereocenters. The van der Waals surface area contributed by atoms with Crippen LogP contribution < -0.4 is 9.80 Å². The third-order valence-corrected chi connectivity index (χ3v) is 6.86. The Labute approximate surface area is 169 Å². The van der Waals surface area contributed by atoms with Gasteiger partial charge in [-0.1, -0.05) is 0 Å². The molecule has 1 aliphatic heterocycles. The minimum Gasteiger partial charge on any atom is -0.369 e. The van der Waals surface area contributed by atoms with Gasteiger partial charge in [-0.25, -0.2) is 17.2 Å². The van der Waals surface area contributed by atoms with E-state index < -0.39 is 26.4 Å². The number of sulfone groups is 1. The zero-order valence-corrected chi connectivity index (χ0v) is 17.3. The van der Waals surface area contributed by atoms with Crippen molar-refractivity contribution >= 4 is 27.1 Å². The molecule has 0 aliphatic carbocycles. The van der Waals surface area contributed by atoms with Gasteiger partial charge in [0.1, 0.15) is 11.6 Å². The molecule has 1 saturated heterocycles. The van der Waals surface area contributed by atoms with Crippen molar-refractivity contribution in [2.45, 2.75) is 16.7 Å². The number of rotatable bonds is 4. The highest BCUT2D eigenvalue weighted by molar-refractivity contribution is 7.91. The van der Waals surface area contributed by atoms with E-state index in [4.69, 9.17) is 0 Å². The molecule has 1 fully saturated rings. The van der Waals surface area contributed by atoms with Gasteiger partial charge < -0.3 is 14.7 Å². The van der Waals surface area contributed by atoms with Gasteiger partial charge in [0.15, 0.2) is 0 Å². The van der Waals surface area contributed by atoms with Crippen LogP contribution in [0.4, 0.5) is 20.2 Å². The number of likely N-dealkylation sites (N-methyl/N-ethyl adjacent to an activating group) is 1. The fourth-order valence-corrected chi connectivity index (χ4v) is 4.74. The summed E-state index contributed by atoms with van der Waals surface area (Å²) in [5.41, 5.74) is 0.948. The minimum absolute atomic E-state index is 0.165. The largest absolute Gasteiger partial charge is 0.369 e. The first-order valence-electron chi connectivity index (χ1n) is 9.12. The molecule has 0 bridgehead atoms. The summed E-state index contributed by atoms with van der Waals surface area (Å²) in [6.07, 6.45) is 0. The lowest BCUT2D eigenvalue weighted by atomic mass is 10.2. The first-order chi connectivity index (χ1) is 13.6. The van der Waals surface area contributed by atoms with E-state index >= 15 is 0 Å². The summed E-state index contributed by atoms with van der Waals surface area (Å²) in [7, 11) is -0.753. The molecule has 1 heterocycles. The SMILES string of the molecule is CC(=O)N(C)c1cc(N2CCN(C)CC2)ccc1S(=O)(=O)c1cc(F)cc(F)c1. The highest BCUT2D eigenvalue weighted by Gasteiger charge is 2.27. The Bertz CT molecular complexity index is 1020. The van der Waals surface area contributed by atoms with Crippen LogP contribution in [0.15, 0.2) is 46.2 Å². The number of nitrogens with zero attached hydrogens (tertiary/aromatic N) is 3. The second-order valence-electron chi connectivity index (χ2n) is 7.13. The van der Waals surface area contributed by atoms with Crippen molar-refractivity contribution in [1.29, 1.82) is 0 Å². The van der Waals surface area contributed by atoms with Crippen LogP contribution >= 0.6 is 0 Å². The van der Waals surface area contributed by atoms with E-state index in [1.165, 1.54) is 24.9 Å². The van der Waals surface area contributed by atoms with E-state index in [1.54, 1.807) is 12.1 Å². The lowest BCUT2D eigenvalue weighted by molar-refractivity contribution is -0.116. The van der Waals surface area contributed by atoms with Crippen molar-refractivity contribution in [2.75, 3.05) is 50.1 Å². The van der Waals surface area contributed by atoms with Crippen molar-refractivity contribution < 1.29 is 22.0 Å². The third kappa shape index (κ3) is 4.40. The maximum absolute atomic E-state index is 13.6. The summed E-state index contributed by atoms with van der Waals surface area (Å²) in [4.78, 5) is 16.8. The topological polar surface area (TPSA) is 60.9 Å². The van der Waals surface area contributed by atoms with Crippen molar-refractivity contribution in [1.82, 2.24) is 4.90 Å². The zero-order chi connectivity index (χ0) is 21.3. The van der Waals surface area contributed by atoms with Crippen molar-refractivity contribution in [3.05, 3.63) is 48.0 Å². The molecular formula is C20H23F2N3O3S. The standard InChI is InChI=1S/C20H23F2N3O3S/c1-14(26)24(3)19-13-17(25-8-6-23(2)7-9-25)4-5-20(19)29(27,28)18-11-15(21)10-16(22)12-18/h4-5,10-13H,6-9H2,1-3H3. The van der Waals surface area contributed by atoms with Gasteiger partial charge in [0.25, 0.3) is 0 Å². The Morgan fingerprint density at radius 2 is 1.59 bits per heavy atom. The Morgan fingerprint density at radius 1 is 1.00 bits per heavy atom. The fourth-order valence-electron chi connectivity index (χ4n) is 3.24. The molecule has 0 N–H and O–H groups in total. The molecule has 0 saturated carbocycles. The lowest BCUT2D eigenvalue weighted by Crippen LogP contribution is -2.44. The molecule has 1 aliphatic rings. The Hall–Kier alpha value is -2.52. The summed E-state index contributed by atoms with van der Waals surface area (Å²) in [5.74, 6) is -2.33. The summed E-state index contributed by atoms with van der Waals surface area (Å²) >= 11 is 0. The molecular weight excluding hydrogens is 400 g/mol. The van der Waals surface area contributed by atoms with E-state index in [0.29, 0.717) is 6.07 Å². The van der Waals surface area contributed by atoms with E-state index in [0.717, 1.165) is 44.0 Å². The molecule has 0 aromatic heterocycles. The number of halogens is 2. The summed E-state index contributed by atoms with van der Waals surface area (Å²) in [6.45, 7) is 4.57. The molecule has 29 heavy (non-hydrogen) atoms. The second-order valence-corrected chi connectivity index (χ2v) is 9.05. The van der Waals surface area contributed by atoms with E-state index in [2.05, 4.69) is 9.80 Å². The second kappa shape index (κ2) is 8.08. The lowest BCUT2D eigenvalue weighted by Gasteiger charge is -2.34. The molecule has 9 heteroatoms. The average molecular weight is 423 g/mol. The zero-order valence-electron chi connectivity index (χ0n) is 16.5. The number of carbonyl (C=O) groups is 1. The number of anilines is 2. The number of carbonyl (C=O) groups excluding carboxylic acids is 1. The number of hydrogen-bond acceptors (Lipinski definition) is 5. The smallest absolute Gasteiger partial charge is 0.223 e. The molecule has 1 amide bonds. The maximum Gasteiger partial charge on any atom is 0.223 e. The number of amides is 1. The first-order valence-corrected chi connectivity index (χ1v) is 10.6.